The van der Waals surface area contributed by atoms with Crippen molar-refractivity contribution in [1.82, 2.24) is 9.62 Å². The summed E-state index contributed by atoms with van der Waals surface area (Å²) in [6.07, 6.45) is -4.67. The molecule has 1 saturated heterocycles. The van der Waals surface area contributed by atoms with Gasteiger partial charge in [0, 0.05) is 26.2 Å². The number of benzene rings is 2. The summed E-state index contributed by atoms with van der Waals surface area (Å²) in [6.45, 7) is 3.41. The highest BCUT2D eigenvalue weighted by Crippen LogP contribution is 2.33. The van der Waals surface area contributed by atoms with Crippen LogP contribution in [0.3, 0.4) is 0 Å². The minimum absolute atomic E-state index is 0.0601. The van der Waals surface area contributed by atoms with Crippen molar-refractivity contribution >= 4 is 21.6 Å². The molecule has 158 valence electrons. The van der Waals surface area contributed by atoms with E-state index in [1.165, 1.54) is 0 Å². The van der Waals surface area contributed by atoms with Gasteiger partial charge in [-0.2, -0.15) is 13.2 Å². The van der Waals surface area contributed by atoms with Crippen LogP contribution in [0.25, 0.3) is 0 Å². The molecule has 0 atom stereocenters. The lowest BCUT2D eigenvalue weighted by atomic mass is 10.1. The van der Waals surface area contributed by atoms with E-state index < -0.39 is 26.7 Å². The molecule has 2 aromatic carbocycles. The molecule has 0 aromatic heterocycles. The average molecular weight is 449 g/mol. The molecule has 0 saturated carbocycles. The first-order valence-corrected chi connectivity index (χ1v) is 10.8. The van der Waals surface area contributed by atoms with Crippen LogP contribution in [0.4, 0.5) is 13.2 Å². The molecule has 0 spiro atoms. The zero-order valence-corrected chi connectivity index (χ0v) is 16.9. The van der Waals surface area contributed by atoms with E-state index >= 15 is 0 Å². The summed E-state index contributed by atoms with van der Waals surface area (Å²) in [4.78, 5) is 1.60. The van der Waals surface area contributed by atoms with Crippen LogP contribution in [0.2, 0.25) is 5.02 Å². The Morgan fingerprint density at radius 1 is 1.07 bits per heavy atom. The van der Waals surface area contributed by atoms with Gasteiger partial charge in [0.15, 0.2) is 0 Å². The Kier molecular flexibility index (Phi) is 6.85. The third-order valence-corrected chi connectivity index (χ3v) is 6.50. The monoisotopic (exact) mass is 448 g/mol. The molecule has 2 aromatic rings. The van der Waals surface area contributed by atoms with Crippen LogP contribution in [-0.2, 0) is 34.0 Å². The number of hydrogen-bond donors (Lipinski definition) is 1. The Labute approximate surface area is 172 Å². The third kappa shape index (κ3) is 5.70. The van der Waals surface area contributed by atoms with Crippen LogP contribution in [0.5, 0.6) is 0 Å². The highest BCUT2D eigenvalue weighted by molar-refractivity contribution is 7.89. The SMILES string of the molecule is O=S(=O)(NCc1ccccc1CN1CCOCC1)c1cc(C(F)(F)F)ccc1Cl. The largest absolute Gasteiger partial charge is 0.416 e. The number of ether oxygens (including phenoxy) is 1. The van der Waals surface area contributed by atoms with Gasteiger partial charge in [-0.3, -0.25) is 4.90 Å². The van der Waals surface area contributed by atoms with Crippen LogP contribution >= 0.6 is 11.6 Å². The Hall–Kier alpha value is -1.65. The van der Waals surface area contributed by atoms with E-state index in [1.807, 2.05) is 12.1 Å². The Morgan fingerprint density at radius 3 is 2.38 bits per heavy atom. The van der Waals surface area contributed by atoms with Crippen molar-refractivity contribution in [2.75, 3.05) is 26.3 Å². The van der Waals surface area contributed by atoms with E-state index in [4.69, 9.17) is 16.3 Å². The molecule has 1 N–H and O–H groups in total. The van der Waals surface area contributed by atoms with E-state index in [0.29, 0.717) is 25.8 Å². The normalized spacial score (nSPS) is 16.1. The van der Waals surface area contributed by atoms with Gasteiger partial charge in [0.05, 0.1) is 23.8 Å². The van der Waals surface area contributed by atoms with Crippen LogP contribution in [0.1, 0.15) is 16.7 Å². The molecule has 0 amide bonds. The van der Waals surface area contributed by atoms with Gasteiger partial charge in [-0.25, -0.2) is 13.1 Å². The molecule has 1 aliphatic heterocycles. The molecule has 0 radical (unpaired) electrons. The van der Waals surface area contributed by atoms with Gasteiger partial charge in [0.1, 0.15) is 4.90 Å². The van der Waals surface area contributed by atoms with Crippen molar-refractivity contribution in [2.45, 2.75) is 24.2 Å². The molecule has 29 heavy (non-hydrogen) atoms. The summed E-state index contributed by atoms with van der Waals surface area (Å²) in [5.74, 6) is 0. The number of hydrogen-bond acceptors (Lipinski definition) is 4. The second-order valence-corrected chi connectivity index (χ2v) is 8.77. The van der Waals surface area contributed by atoms with E-state index in [9.17, 15) is 21.6 Å². The summed E-state index contributed by atoms with van der Waals surface area (Å²) in [7, 11) is -4.24. The third-order valence-electron chi connectivity index (χ3n) is 4.62. The Morgan fingerprint density at radius 2 is 1.72 bits per heavy atom. The van der Waals surface area contributed by atoms with E-state index in [1.54, 1.807) is 12.1 Å². The van der Waals surface area contributed by atoms with Gasteiger partial charge in [-0.15, -0.1) is 0 Å². The number of nitrogens with one attached hydrogen (secondary N) is 1. The maximum absolute atomic E-state index is 12.9. The summed E-state index contributed by atoms with van der Waals surface area (Å²) in [5.41, 5.74) is 0.605. The molecule has 5 nitrogen and oxygen atoms in total. The zero-order chi connectivity index (χ0) is 21.1. The lowest BCUT2D eigenvalue weighted by Gasteiger charge is -2.27. The molecule has 0 bridgehead atoms. The quantitative estimate of drug-likeness (QED) is 0.732. The van der Waals surface area contributed by atoms with E-state index in [0.717, 1.165) is 36.3 Å². The molecule has 3 rings (SSSR count). The second kappa shape index (κ2) is 9.01. The minimum atomic E-state index is -4.67. The predicted octanol–water partition coefficient (Wildman–Crippen LogP) is 3.67. The van der Waals surface area contributed by atoms with Crippen molar-refractivity contribution in [3.05, 3.63) is 64.2 Å². The fourth-order valence-corrected chi connectivity index (χ4v) is 4.55. The van der Waals surface area contributed by atoms with Crippen LogP contribution < -0.4 is 4.72 Å². The molecular weight excluding hydrogens is 429 g/mol. The number of morpholine rings is 1. The van der Waals surface area contributed by atoms with Crippen molar-refractivity contribution in [3.8, 4) is 0 Å². The first-order valence-electron chi connectivity index (χ1n) is 8.90. The lowest BCUT2D eigenvalue weighted by Crippen LogP contribution is -2.36. The number of alkyl halides is 3. The summed E-state index contributed by atoms with van der Waals surface area (Å²) in [5, 5.41) is -0.271. The molecule has 0 aliphatic carbocycles. The van der Waals surface area contributed by atoms with Crippen LogP contribution in [0, 0.1) is 0 Å². The second-order valence-electron chi connectivity index (χ2n) is 6.62. The van der Waals surface area contributed by atoms with Gasteiger partial charge in [0.2, 0.25) is 10.0 Å². The number of nitrogens with zero attached hydrogens (tertiary/aromatic N) is 1. The first-order chi connectivity index (χ1) is 13.7. The molecule has 10 heteroatoms. The number of sulfonamides is 1. The first kappa shape index (κ1) is 22.0. The van der Waals surface area contributed by atoms with Gasteiger partial charge in [0.25, 0.3) is 0 Å². The molecular formula is C19H20ClF3N2O3S. The molecule has 1 heterocycles. The number of rotatable bonds is 6. The van der Waals surface area contributed by atoms with Crippen molar-refractivity contribution in [3.63, 3.8) is 0 Å². The zero-order valence-electron chi connectivity index (χ0n) is 15.4. The molecule has 0 unspecified atom stereocenters. The van der Waals surface area contributed by atoms with Gasteiger partial charge >= 0.3 is 6.18 Å². The highest BCUT2D eigenvalue weighted by atomic mass is 35.5. The van der Waals surface area contributed by atoms with Crippen molar-refractivity contribution in [2.24, 2.45) is 0 Å². The highest BCUT2D eigenvalue weighted by Gasteiger charge is 2.32. The smallest absolute Gasteiger partial charge is 0.379 e. The van der Waals surface area contributed by atoms with Gasteiger partial charge in [-0.05, 0) is 29.3 Å². The van der Waals surface area contributed by atoms with Gasteiger partial charge in [-0.1, -0.05) is 35.9 Å². The van der Waals surface area contributed by atoms with Crippen molar-refractivity contribution < 1.29 is 26.3 Å². The summed E-state index contributed by atoms with van der Waals surface area (Å²) in [6, 6.07) is 9.55. The maximum Gasteiger partial charge on any atom is 0.416 e. The van der Waals surface area contributed by atoms with Crippen molar-refractivity contribution in [1.29, 1.82) is 0 Å². The fourth-order valence-electron chi connectivity index (χ4n) is 3.02. The van der Waals surface area contributed by atoms with E-state index in [2.05, 4.69) is 9.62 Å². The predicted molar refractivity (Wildman–Crippen MR) is 103 cm³/mol. The van der Waals surface area contributed by atoms with E-state index in [-0.39, 0.29) is 11.6 Å². The fraction of sp³-hybridized carbons (Fsp3) is 0.368. The number of halogens is 4. The van der Waals surface area contributed by atoms with Gasteiger partial charge < -0.3 is 4.74 Å². The lowest BCUT2D eigenvalue weighted by molar-refractivity contribution is -0.137. The Balaban J connectivity index is 1.77. The summed E-state index contributed by atoms with van der Waals surface area (Å²) >= 11 is 5.87. The molecule has 1 fully saturated rings. The van der Waals surface area contributed by atoms with Crippen LogP contribution in [0.15, 0.2) is 47.4 Å². The topological polar surface area (TPSA) is 58.6 Å². The summed E-state index contributed by atoms with van der Waals surface area (Å²) < 4.78 is 71.8. The van der Waals surface area contributed by atoms with Crippen LogP contribution in [-0.4, -0.2) is 39.6 Å². The molecule has 1 aliphatic rings. The average Bonchev–Trinajstić information content (AvgIpc) is 2.67. The maximum atomic E-state index is 12.9. The standard InChI is InChI=1S/C19H20ClF3N2O3S/c20-17-6-5-16(19(21,22)23)11-18(17)29(26,27)24-12-14-3-1-2-4-15(14)13-25-7-9-28-10-8-25/h1-6,11,24H,7-10,12-13H2. The Bertz CT molecular complexity index is 961. The minimum Gasteiger partial charge on any atom is -0.379 e.